The lowest BCUT2D eigenvalue weighted by atomic mass is 9.41. The predicted octanol–water partition coefficient (Wildman–Crippen LogP) is 8.00. The van der Waals surface area contributed by atoms with E-state index in [-0.39, 0.29) is 23.4 Å². The Morgan fingerprint density at radius 2 is 1.49 bits per heavy atom. The summed E-state index contributed by atoms with van der Waals surface area (Å²) < 4.78 is 5.89. The molecule has 5 saturated carbocycles. The third-order valence-corrected chi connectivity index (χ3v) is 13.6. The molecule has 0 saturated heterocycles. The molecule has 5 aliphatic carbocycles. The fourth-order valence-corrected chi connectivity index (χ4v) is 11.6. The molecule has 2 spiro atoms. The Balaban J connectivity index is 1.37. The smallest absolute Gasteiger partial charge is 0.302 e. The van der Waals surface area contributed by atoms with Crippen molar-refractivity contribution in [3.8, 4) is 0 Å². The lowest BCUT2D eigenvalue weighted by molar-refractivity contribution is -0.181. The van der Waals surface area contributed by atoms with Gasteiger partial charge in [-0.15, -0.1) is 0 Å². The molecule has 9 atom stereocenters. The minimum absolute atomic E-state index is 0.0791. The van der Waals surface area contributed by atoms with Crippen LogP contribution in [0.1, 0.15) is 126 Å². The molecule has 5 fully saturated rings. The third kappa shape index (κ3) is 3.34. The van der Waals surface area contributed by atoms with Crippen LogP contribution in [-0.2, 0) is 14.3 Å². The van der Waals surface area contributed by atoms with Gasteiger partial charge in [0.05, 0.1) is 0 Å². The largest absolute Gasteiger partial charge is 0.462 e. The molecule has 5 aliphatic rings. The Morgan fingerprint density at radius 1 is 0.829 bits per heavy atom. The van der Waals surface area contributed by atoms with Crippen molar-refractivity contribution in [2.45, 2.75) is 132 Å². The third-order valence-electron chi connectivity index (χ3n) is 13.6. The zero-order chi connectivity index (χ0) is 25.6. The molecule has 3 nitrogen and oxygen atoms in total. The molecule has 0 aromatic rings. The normalized spacial score (nSPS) is 48.3. The first-order chi connectivity index (χ1) is 16.3. The van der Waals surface area contributed by atoms with Gasteiger partial charge in [0.2, 0.25) is 0 Å². The molecule has 0 heterocycles. The SMILES string of the molecule is CC(=O)O[C@H]1CC[C@]23C[C@]24CC[C@]2(C)[C@@H]([C@H](C)CCC(=O)C(C)C)CC[C@@]2(C)[C@@H]4CC[C@H]3C1(C)C. The van der Waals surface area contributed by atoms with Gasteiger partial charge in [0.25, 0.3) is 0 Å². The van der Waals surface area contributed by atoms with Crippen molar-refractivity contribution in [1.82, 2.24) is 0 Å². The van der Waals surface area contributed by atoms with Gasteiger partial charge >= 0.3 is 5.97 Å². The molecule has 0 aromatic carbocycles. The van der Waals surface area contributed by atoms with Crippen LogP contribution in [0, 0.1) is 56.7 Å². The molecule has 0 unspecified atom stereocenters. The summed E-state index contributed by atoms with van der Waals surface area (Å²) in [6.07, 6.45) is 13.8. The summed E-state index contributed by atoms with van der Waals surface area (Å²) in [6.45, 7) is 18.3. The van der Waals surface area contributed by atoms with E-state index < -0.39 is 0 Å². The van der Waals surface area contributed by atoms with Crippen LogP contribution in [0.25, 0.3) is 0 Å². The van der Waals surface area contributed by atoms with Crippen molar-refractivity contribution in [3.05, 3.63) is 0 Å². The summed E-state index contributed by atoms with van der Waals surface area (Å²) in [6, 6.07) is 0. The average Bonchev–Trinajstić information content (AvgIpc) is 3.36. The quantitative estimate of drug-likeness (QED) is 0.359. The van der Waals surface area contributed by atoms with E-state index in [0.29, 0.717) is 39.3 Å². The first-order valence-corrected chi connectivity index (χ1v) is 15.0. The highest BCUT2D eigenvalue weighted by Crippen LogP contribution is 2.89. The van der Waals surface area contributed by atoms with Gasteiger partial charge in [-0.1, -0.05) is 48.5 Å². The van der Waals surface area contributed by atoms with Crippen LogP contribution in [-0.4, -0.2) is 17.9 Å². The topological polar surface area (TPSA) is 43.4 Å². The van der Waals surface area contributed by atoms with Gasteiger partial charge in [-0.25, -0.2) is 0 Å². The Kier molecular flexibility index (Phi) is 5.94. The number of carbonyl (C=O) groups excluding carboxylic acids is 2. The fourth-order valence-electron chi connectivity index (χ4n) is 11.6. The molecule has 0 aromatic heterocycles. The number of esters is 1. The molecule has 0 N–H and O–H groups in total. The number of hydrogen-bond acceptors (Lipinski definition) is 3. The van der Waals surface area contributed by atoms with E-state index in [2.05, 4.69) is 34.6 Å². The monoisotopic (exact) mass is 484 g/mol. The maximum absolute atomic E-state index is 12.4. The van der Waals surface area contributed by atoms with Gasteiger partial charge in [0.15, 0.2) is 0 Å². The molecule has 0 radical (unpaired) electrons. The lowest BCUT2D eigenvalue weighted by Gasteiger charge is -2.63. The second-order valence-electron chi connectivity index (χ2n) is 15.2. The number of carbonyl (C=O) groups is 2. The predicted molar refractivity (Wildman–Crippen MR) is 141 cm³/mol. The van der Waals surface area contributed by atoms with Crippen LogP contribution in [0.3, 0.4) is 0 Å². The zero-order valence-electron chi connectivity index (χ0n) is 24.0. The summed E-state index contributed by atoms with van der Waals surface area (Å²) in [4.78, 5) is 24.2. The summed E-state index contributed by atoms with van der Waals surface area (Å²) >= 11 is 0. The summed E-state index contributed by atoms with van der Waals surface area (Å²) in [5.74, 6) is 3.43. The van der Waals surface area contributed by atoms with Gasteiger partial charge < -0.3 is 4.74 Å². The van der Waals surface area contributed by atoms with Gasteiger partial charge in [0.1, 0.15) is 11.9 Å². The number of ketones is 1. The first-order valence-electron chi connectivity index (χ1n) is 15.0. The maximum atomic E-state index is 12.4. The fraction of sp³-hybridized carbons (Fsp3) is 0.938. The Bertz CT molecular complexity index is 889. The van der Waals surface area contributed by atoms with E-state index in [1.54, 1.807) is 6.92 Å². The highest BCUT2D eigenvalue weighted by molar-refractivity contribution is 5.80. The van der Waals surface area contributed by atoms with Crippen LogP contribution in [0.2, 0.25) is 0 Å². The van der Waals surface area contributed by atoms with Gasteiger partial charge in [0, 0.05) is 24.7 Å². The summed E-state index contributed by atoms with van der Waals surface area (Å²) in [7, 11) is 0. The minimum Gasteiger partial charge on any atom is -0.462 e. The highest BCUT2D eigenvalue weighted by atomic mass is 16.5. The molecule has 198 valence electrons. The second-order valence-corrected chi connectivity index (χ2v) is 15.2. The summed E-state index contributed by atoms with van der Waals surface area (Å²) in [5, 5.41) is 0. The average molecular weight is 485 g/mol. The van der Waals surface area contributed by atoms with Crippen molar-refractivity contribution < 1.29 is 14.3 Å². The number of ether oxygens (including phenoxy) is 1. The van der Waals surface area contributed by atoms with Crippen molar-refractivity contribution in [3.63, 3.8) is 0 Å². The number of fused-ring (bicyclic) bond motifs is 2. The molecule has 0 aliphatic heterocycles. The molecule has 3 heteroatoms. The second kappa shape index (κ2) is 8.07. The molecule has 5 rings (SSSR count). The van der Waals surface area contributed by atoms with E-state index in [1.807, 2.05) is 13.8 Å². The number of rotatable bonds is 6. The molecular weight excluding hydrogens is 432 g/mol. The standard InChI is InChI=1S/C32H52O3/c1-20(2)24(34)10-9-21(3)23-13-15-30(8)26-12-11-25-28(5,6)27(35-22(4)33)14-16-31(25)19-32(26,31)18-17-29(23,30)7/h20-21,23,25-27H,9-19H2,1-8H3/t21-,23-,25+,26+,27+,29-,30+,31-,32+/m1/s1. The van der Waals surface area contributed by atoms with Crippen LogP contribution < -0.4 is 0 Å². The highest BCUT2D eigenvalue weighted by Gasteiger charge is 2.82. The lowest BCUT2D eigenvalue weighted by Crippen LogP contribution is -2.58. The molecule has 0 bridgehead atoms. The van der Waals surface area contributed by atoms with Gasteiger partial charge in [-0.2, -0.15) is 0 Å². The maximum Gasteiger partial charge on any atom is 0.302 e. The Hall–Kier alpha value is -0.860. The Morgan fingerprint density at radius 3 is 2.14 bits per heavy atom. The van der Waals surface area contributed by atoms with E-state index >= 15 is 0 Å². The van der Waals surface area contributed by atoms with E-state index in [1.165, 1.54) is 51.4 Å². The molecular formula is C32H52O3. The Labute approximate surface area is 214 Å². The number of hydrogen-bond donors (Lipinski definition) is 0. The van der Waals surface area contributed by atoms with Crippen LogP contribution in [0.15, 0.2) is 0 Å². The van der Waals surface area contributed by atoms with Crippen LogP contribution >= 0.6 is 0 Å². The molecule has 35 heavy (non-hydrogen) atoms. The number of Topliss-reactive ketones (excluding diaryl/α,β-unsaturated/α-hetero) is 1. The van der Waals surface area contributed by atoms with Crippen LogP contribution in [0.5, 0.6) is 0 Å². The van der Waals surface area contributed by atoms with E-state index in [0.717, 1.165) is 31.1 Å². The van der Waals surface area contributed by atoms with Gasteiger partial charge in [-0.05, 0) is 110 Å². The van der Waals surface area contributed by atoms with E-state index in [9.17, 15) is 9.59 Å². The van der Waals surface area contributed by atoms with Crippen molar-refractivity contribution in [1.29, 1.82) is 0 Å². The first kappa shape index (κ1) is 25.8. The minimum atomic E-state index is -0.111. The van der Waals surface area contributed by atoms with Crippen molar-refractivity contribution in [2.75, 3.05) is 0 Å². The van der Waals surface area contributed by atoms with Crippen molar-refractivity contribution in [2.24, 2.45) is 56.7 Å². The summed E-state index contributed by atoms with van der Waals surface area (Å²) in [5.41, 5.74) is 1.94. The van der Waals surface area contributed by atoms with E-state index in [4.69, 9.17) is 4.74 Å². The molecule has 0 amide bonds. The van der Waals surface area contributed by atoms with Gasteiger partial charge in [-0.3, -0.25) is 9.59 Å². The van der Waals surface area contributed by atoms with Crippen LogP contribution in [0.4, 0.5) is 0 Å². The zero-order valence-corrected chi connectivity index (χ0v) is 24.0. The van der Waals surface area contributed by atoms with Crippen molar-refractivity contribution >= 4 is 11.8 Å².